The Morgan fingerprint density at radius 2 is 1.77 bits per heavy atom. The Morgan fingerprint density at radius 3 is 2.27 bits per heavy atom. The number of rotatable bonds is 5. The summed E-state index contributed by atoms with van der Waals surface area (Å²) in [7, 11) is -3.17. The number of carbonyl (C=O) groups excluding carboxylic acids is 1. The molecule has 0 aromatic carbocycles. The van der Waals surface area contributed by atoms with Crippen molar-refractivity contribution in [3.05, 3.63) is 0 Å². The summed E-state index contributed by atoms with van der Waals surface area (Å²) >= 11 is 0. The van der Waals surface area contributed by atoms with Crippen LogP contribution in [0.25, 0.3) is 0 Å². The quantitative estimate of drug-likeness (QED) is 0.759. The number of nitrogens with one attached hydrogen (secondary N) is 1. The van der Waals surface area contributed by atoms with E-state index in [1.807, 2.05) is 0 Å². The van der Waals surface area contributed by atoms with Crippen LogP contribution < -0.4 is 5.32 Å². The molecule has 8 heteroatoms. The fourth-order valence-electron chi connectivity index (χ4n) is 3.23. The largest absolute Gasteiger partial charge is 0.481 e. The molecule has 2 N–H and O–H groups in total. The first-order chi connectivity index (χ1) is 10.3. The predicted octanol–water partition coefficient (Wildman–Crippen LogP) is 0.418. The number of hydrogen-bond donors (Lipinski definition) is 2. The van der Waals surface area contributed by atoms with E-state index in [9.17, 15) is 18.0 Å². The zero-order valence-electron chi connectivity index (χ0n) is 12.8. The van der Waals surface area contributed by atoms with Crippen molar-refractivity contribution in [1.82, 2.24) is 9.62 Å². The lowest BCUT2D eigenvalue weighted by atomic mass is 9.96. The van der Waals surface area contributed by atoms with E-state index in [0.29, 0.717) is 45.2 Å². The van der Waals surface area contributed by atoms with E-state index in [4.69, 9.17) is 5.11 Å². The molecule has 1 saturated heterocycles. The first-order valence-corrected chi connectivity index (χ1v) is 9.45. The van der Waals surface area contributed by atoms with Crippen LogP contribution in [-0.2, 0) is 19.6 Å². The van der Waals surface area contributed by atoms with Crippen molar-refractivity contribution in [2.75, 3.05) is 18.8 Å². The van der Waals surface area contributed by atoms with E-state index in [2.05, 4.69) is 5.32 Å². The minimum Gasteiger partial charge on any atom is -0.481 e. The molecule has 1 heterocycles. The lowest BCUT2D eigenvalue weighted by Gasteiger charge is -2.30. The van der Waals surface area contributed by atoms with Crippen LogP contribution in [0.15, 0.2) is 0 Å². The Kier molecular flexibility index (Phi) is 5.44. The maximum absolute atomic E-state index is 12.2. The van der Waals surface area contributed by atoms with Crippen molar-refractivity contribution in [3.8, 4) is 0 Å². The van der Waals surface area contributed by atoms with Crippen molar-refractivity contribution in [2.45, 2.75) is 45.1 Å². The maximum atomic E-state index is 12.2. The second kappa shape index (κ2) is 6.95. The van der Waals surface area contributed by atoms with Crippen LogP contribution in [0.1, 0.15) is 39.0 Å². The fraction of sp³-hybridized carbons (Fsp3) is 0.857. The SMILES string of the molecule is CCS(=O)(=O)N1CCC(C(=O)N[C@@H]2CC[C@H](C(=O)O)C2)CC1. The molecule has 0 aromatic rings. The number of piperidine rings is 1. The number of hydrogen-bond acceptors (Lipinski definition) is 4. The summed E-state index contributed by atoms with van der Waals surface area (Å²) in [5.41, 5.74) is 0. The zero-order valence-corrected chi connectivity index (χ0v) is 13.6. The summed E-state index contributed by atoms with van der Waals surface area (Å²) in [6, 6.07) is -0.0639. The molecule has 2 atom stereocenters. The summed E-state index contributed by atoms with van der Waals surface area (Å²) in [4.78, 5) is 23.1. The van der Waals surface area contributed by atoms with Crippen LogP contribution in [0.2, 0.25) is 0 Å². The number of aliphatic carboxylic acids is 1. The second-order valence-corrected chi connectivity index (χ2v) is 8.39. The molecule has 0 aromatic heterocycles. The number of carbonyl (C=O) groups is 2. The first-order valence-electron chi connectivity index (χ1n) is 7.84. The van der Waals surface area contributed by atoms with Crippen LogP contribution in [0, 0.1) is 11.8 Å². The highest BCUT2D eigenvalue weighted by atomic mass is 32.2. The van der Waals surface area contributed by atoms with E-state index in [1.165, 1.54) is 4.31 Å². The van der Waals surface area contributed by atoms with Gasteiger partial charge in [-0.05, 0) is 39.0 Å². The third-order valence-electron chi connectivity index (χ3n) is 4.71. The minimum absolute atomic E-state index is 0.0639. The number of nitrogens with zero attached hydrogens (tertiary/aromatic N) is 1. The monoisotopic (exact) mass is 332 g/mol. The molecule has 22 heavy (non-hydrogen) atoms. The minimum atomic E-state index is -3.17. The number of carboxylic acids is 1. The van der Waals surface area contributed by atoms with Crippen LogP contribution in [0.3, 0.4) is 0 Å². The number of amides is 1. The molecule has 2 aliphatic rings. The van der Waals surface area contributed by atoms with Gasteiger partial charge in [-0.3, -0.25) is 9.59 Å². The van der Waals surface area contributed by atoms with Gasteiger partial charge in [-0.15, -0.1) is 0 Å². The smallest absolute Gasteiger partial charge is 0.306 e. The number of carboxylic acid groups (broad SMARTS) is 1. The van der Waals surface area contributed by atoms with Gasteiger partial charge in [-0.2, -0.15) is 0 Å². The van der Waals surface area contributed by atoms with E-state index in [1.54, 1.807) is 6.92 Å². The first kappa shape index (κ1) is 17.2. The van der Waals surface area contributed by atoms with E-state index < -0.39 is 16.0 Å². The molecular weight excluding hydrogens is 308 g/mol. The van der Waals surface area contributed by atoms with Gasteiger partial charge < -0.3 is 10.4 Å². The maximum Gasteiger partial charge on any atom is 0.306 e. The molecule has 1 saturated carbocycles. The standard InChI is InChI=1S/C14H24N2O5S/c1-2-22(20,21)16-7-5-10(6-8-16)13(17)15-12-4-3-11(9-12)14(18)19/h10-12H,2-9H2,1H3,(H,15,17)(H,18,19)/t11-,12+/m0/s1. The van der Waals surface area contributed by atoms with Crippen LogP contribution in [-0.4, -0.2) is 54.6 Å². The van der Waals surface area contributed by atoms with Gasteiger partial charge in [0.1, 0.15) is 0 Å². The molecule has 0 spiro atoms. The topological polar surface area (TPSA) is 104 Å². The Morgan fingerprint density at radius 1 is 1.14 bits per heavy atom. The molecule has 1 aliphatic carbocycles. The Bertz CT molecular complexity index is 525. The highest BCUT2D eigenvalue weighted by molar-refractivity contribution is 7.89. The third-order valence-corrected chi connectivity index (χ3v) is 6.59. The summed E-state index contributed by atoms with van der Waals surface area (Å²) in [5, 5.41) is 11.9. The molecule has 126 valence electrons. The van der Waals surface area contributed by atoms with Crippen LogP contribution in [0.4, 0.5) is 0 Å². The lowest BCUT2D eigenvalue weighted by Crippen LogP contribution is -2.45. The Labute approximate surface area is 131 Å². The van der Waals surface area contributed by atoms with Gasteiger partial charge in [0.2, 0.25) is 15.9 Å². The molecule has 0 radical (unpaired) electrons. The molecule has 7 nitrogen and oxygen atoms in total. The van der Waals surface area contributed by atoms with Crippen molar-refractivity contribution >= 4 is 21.9 Å². The summed E-state index contributed by atoms with van der Waals surface area (Å²) < 4.78 is 25.0. The van der Waals surface area contributed by atoms with E-state index in [0.717, 1.165) is 0 Å². The third kappa shape index (κ3) is 3.98. The van der Waals surface area contributed by atoms with Gasteiger partial charge in [-0.25, -0.2) is 12.7 Å². The Hall–Kier alpha value is -1.15. The van der Waals surface area contributed by atoms with Gasteiger partial charge >= 0.3 is 5.97 Å². The van der Waals surface area contributed by atoms with Crippen LogP contribution >= 0.6 is 0 Å². The Balaban J connectivity index is 1.80. The normalized spacial score (nSPS) is 27.7. The van der Waals surface area contributed by atoms with E-state index >= 15 is 0 Å². The molecule has 0 unspecified atom stereocenters. The highest BCUT2D eigenvalue weighted by Crippen LogP contribution is 2.27. The predicted molar refractivity (Wildman–Crippen MR) is 80.7 cm³/mol. The summed E-state index contributed by atoms with van der Waals surface area (Å²) in [5.74, 6) is -1.31. The zero-order chi connectivity index (χ0) is 16.3. The molecule has 2 rings (SSSR count). The highest BCUT2D eigenvalue weighted by Gasteiger charge is 2.34. The van der Waals surface area contributed by atoms with E-state index in [-0.39, 0.29) is 29.5 Å². The summed E-state index contributed by atoms with van der Waals surface area (Å²) in [6.45, 7) is 2.39. The summed E-state index contributed by atoms with van der Waals surface area (Å²) in [6.07, 6.45) is 2.85. The number of sulfonamides is 1. The van der Waals surface area contributed by atoms with Gasteiger partial charge in [0, 0.05) is 25.0 Å². The van der Waals surface area contributed by atoms with Gasteiger partial charge in [0.05, 0.1) is 11.7 Å². The van der Waals surface area contributed by atoms with Gasteiger partial charge in [0.25, 0.3) is 0 Å². The second-order valence-electron chi connectivity index (χ2n) is 6.13. The molecular formula is C14H24N2O5S. The average molecular weight is 332 g/mol. The van der Waals surface area contributed by atoms with Crippen molar-refractivity contribution < 1.29 is 23.1 Å². The molecule has 1 aliphatic heterocycles. The fourth-order valence-corrected chi connectivity index (χ4v) is 4.37. The molecule has 0 bridgehead atoms. The van der Waals surface area contributed by atoms with Crippen molar-refractivity contribution in [2.24, 2.45) is 11.8 Å². The molecule has 2 fully saturated rings. The van der Waals surface area contributed by atoms with Gasteiger partial charge in [0.15, 0.2) is 0 Å². The van der Waals surface area contributed by atoms with Gasteiger partial charge in [-0.1, -0.05) is 0 Å². The lowest BCUT2D eigenvalue weighted by molar-refractivity contribution is -0.141. The van der Waals surface area contributed by atoms with Crippen molar-refractivity contribution in [1.29, 1.82) is 0 Å². The van der Waals surface area contributed by atoms with Crippen molar-refractivity contribution in [3.63, 3.8) is 0 Å². The average Bonchev–Trinajstić information content (AvgIpc) is 2.96. The van der Waals surface area contributed by atoms with Crippen LogP contribution in [0.5, 0.6) is 0 Å². The molecule has 1 amide bonds.